The van der Waals surface area contributed by atoms with Crippen molar-refractivity contribution in [3.05, 3.63) is 18.3 Å². The summed E-state index contributed by atoms with van der Waals surface area (Å²) in [4.78, 5) is 34.2. The maximum Gasteiger partial charge on any atom is 0.411 e. The number of hydrogen-bond acceptors (Lipinski definition) is 6. The van der Waals surface area contributed by atoms with Gasteiger partial charge in [0.2, 0.25) is 5.91 Å². The molecule has 2 aliphatic heterocycles. The molecule has 3 aliphatic rings. The lowest BCUT2D eigenvalue weighted by atomic mass is 9.78. The number of aliphatic hydroxyl groups excluding tert-OH is 1. The molecule has 8 heteroatoms. The Kier molecular flexibility index (Phi) is 6.88. The van der Waals surface area contributed by atoms with Crippen LogP contribution in [0.5, 0.6) is 0 Å². The van der Waals surface area contributed by atoms with Crippen molar-refractivity contribution in [3.63, 3.8) is 0 Å². The van der Waals surface area contributed by atoms with Crippen molar-refractivity contribution in [2.24, 2.45) is 11.3 Å². The van der Waals surface area contributed by atoms with Crippen molar-refractivity contribution >= 4 is 23.5 Å². The highest BCUT2D eigenvalue weighted by molar-refractivity contribution is 5.86. The molecule has 0 unspecified atom stereocenters. The molecule has 32 heavy (non-hydrogen) atoms. The van der Waals surface area contributed by atoms with Crippen LogP contribution in [0, 0.1) is 11.3 Å². The summed E-state index contributed by atoms with van der Waals surface area (Å²) in [6.07, 6.45) is 7.14. The molecule has 0 radical (unpaired) electrons. The quantitative estimate of drug-likeness (QED) is 0.723. The Morgan fingerprint density at radius 1 is 1.25 bits per heavy atom. The van der Waals surface area contributed by atoms with Crippen LogP contribution in [0.25, 0.3) is 0 Å². The van der Waals surface area contributed by atoms with E-state index in [1.165, 1.54) is 0 Å². The Morgan fingerprint density at radius 3 is 2.72 bits per heavy atom. The van der Waals surface area contributed by atoms with E-state index in [4.69, 9.17) is 4.74 Å². The lowest BCUT2D eigenvalue weighted by Gasteiger charge is -2.41. The van der Waals surface area contributed by atoms with Gasteiger partial charge in [0.15, 0.2) is 0 Å². The average Bonchev–Trinajstić information content (AvgIpc) is 3.09. The molecule has 8 nitrogen and oxygen atoms in total. The first-order valence-electron chi connectivity index (χ1n) is 12.0. The second-order valence-electron chi connectivity index (χ2n) is 10.0. The monoisotopic (exact) mass is 444 g/mol. The third-order valence-electron chi connectivity index (χ3n) is 7.10. The van der Waals surface area contributed by atoms with Gasteiger partial charge in [-0.2, -0.15) is 0 Å². The predicted octanol–water partition coefficient (Wildman–Crippen LogP) is 3.41. The van der Waals surface area contributed by atoms with Gasteiger partial charge in [-0.1, -0.05) is 13.8 Å². The van der Waals surface area contributed by atoms with Crippen LogP contribution in [0.4, 0.5) is 16.3 Å². The van der Waals surface area contributed by atoms with Gasteiger partial charge in [-0.05, 0) is 63.0 Å². The number of hydrogen-bond donors (Lipinski definition) is 2. The highest BCUT2D eigenvalue weighted by Gasteiger charge is 2.50. The van der Waals surface area contributed by atoms with Crippen molar-refractivity contribution in [2.75, 3.05) is 36.5 Å². The molecule has 0 aromatic carbocycles. The van der Waals surface area contributed by atoms with E-state index >= 15 is 0 Å². The van der Waals surface area contributed by atoms with Gasteiger partial charge in [-0.25, -0.2) is 9.78 Å². The molecule has 3 fully saturated rings. The molecule has 1 aromatic heterocycles. The molecule has 2 saturated heterocycles. The lowest BCUT2D eigenvalue weighted by Crippen LogP contribution is -2.50. The zero-order valence-corrected chi connectivity index (χ0v) is 19.3. The lowest BCUT2D eigenvalue weighted by molar-refractivity contribution is -0.139. The zero-order valence-electron chi connectivity index (χ0n) is 19.3. The van der Waals surface area contributed by atoms with Crippen LogP contribution < -0.4 is 10.2 Å². The van der Waals surface area contributed by atoms with Gasteiger partial charge in [0.1, 0.15) is 5.82 Å². The first kappa shape index (κ1) is 22.8. The standard InChI is InChI=1S/C24H36N4O4/c1-17(2)15-32-23(31)26-18-4-9-21(25-14-18)27-12-3-10-24(16-27)11-13-28(22(24)30)19-5-7-20(29)8-6-19/h4,9,14,17,19-20,29H,3,5-8,10-13,15-16H2,1-2H3,(H,26,31)/t19?,20?,24-/m0/s1. The van der Waals surface area contributed by atoms with E-state index in [0.29, 0.717) is 18.8 Å². The Hall–Kier alpha value is -2.35. The number of anilines is 2. The maximum atomic E-state index is 13.5. The Balaban J connectivity index is 1.36. The molecule has 0 bridgehead atoms. The summed E-state index contributed by atoms with van der Waals surface area (Å²) in [5, 5.41) is 12.5. The minimum absolute atomic E-state index is 0.205. The molecular formula is C24H36N4O4. The van der Waals surface area contributed by atoms with Gasteiger partial charge in [0.25, 0.3) is 0 Å². The molecule has 3 heterocycles. The number of nitrogens with zero attached hydrogens (tertiary/aromatic N) is 3. The van der Waals surface area contributed by atoms with Crippen LogP contribution in [-0.2, 0) is 9.53 Å². The Bertz CT molecular complexity index is 807. The first-order valence-corrected chi connectivity index (χ1v) is 12.0. The van der Waals surface area contributed by atoms with E-state index in [1.807, 2.05) is 26.0 Å². The third-order valence-corrected chi connectivity index (χ3v) is 7.10. The molecule has 4 rings (SSSR count). The van der Waals surface area contributed by atoms with Gasteiger partial charge < -0.3 is 19.6 Å². The molecule has 176 valence electrons. The number of carbonyl (C=O) groups excluding carboxylic acids is 2. The molecule has 1 spiro atoms. The van der Waals surface area contributed by atoms with E-state index in [2.05, 4.69) is 20.1 Å². The molecule has 2 N–H and O–H groups in total. The number of likely N-dealkylation sites (tertiary alicyclic amines) is 1. The van der Waals surface area contributed by atoms with Crippen molar-refractivity contribution in [1.82, 2.24) is 9.88 Å². The number of pyridine rings is 1. The van der Waals surface area contributed by atoms with E-state index in [-0.39, 0.29) is 29.4 Å². The number of nitrogens with one attached hydrogen (secondary N) is 1. The number of amides is 2. The summed E-state index contributed by atoms with van der Waals surface area (Å²) in [7, 11) is 0. The predicted molar refractivity (Wildman–Crippen MR) is 123 cm³/mol. The molecular weight excluding hydrogens is 408 g/mol. The minimum atomic E-state index is -0.475. The highest BCUT2D eigenvalue weighted by Crippen LogP contribution is 2.43. The Morgan fingerprint density at radius 2 is 2.03 bits per heavy atom. The number of aromatic nitrogens is 1. The maximum absolute atomic E-state index is 13.5. The normalized spacial score (nSPS) is 28.4. The fraction of sp³-hybridized carbons (Fsp3) is 0.708. The fourth-order valence-electron chi connectivity index (χ4n) is 5.32. The van der Waals surface area contributed by atoms with Crippen LogP contribution in [0.3, 0.4) is 0 Å². The van der Waals surface area contributed by atoms with Gasteiger partial charge in [0, 0.05) is 25.7 Å². The van der Waals surface area contributed by atoms with Gasteiger partial charge in [0.05, 0.1) is 30.0 Å². The minimum Gasteiger partial charge on any atom is -0.449 e. The van der Waals surface area contributed by atoms with Crippen LogP contribution in [0.1, 0.15) is 58.8 Å². The van der Waals surface area contributed by atoms with E-state index in [1.54, 1.807) is 6.20 Å². The van der Waals surface area contributed by atoms with Crippen molar-refractivity contribution < 1.29 is 19.4 Å². The van der Waals surface area contributed by atoms with Crippen LogP contribution in [-0.4, -0.2) is 65.4 Å². The largest absolute Gasteiger partial charge is 0.449 e. The van der Waals surface area contributed by atoms with E-state index < -0.39 is 6.09 Å². The smallest absolute Gasteiger partial charge is 0.411 e. The number of ether oxygens (including phenoxy) is 1. The van der Waals surface area contributed by atoms with Crippen LogP contribution in [0.15, 0.2) is 18.3 Å². The van der Waals surface area contributed by atoms with Crippen molar-refractivity contribution in [1.29, 1.82) is 0 Å². The van der Waals surface area contributed by atoms with Crippen LogP contribution in [0.2, 0.25) is 0 Å². The van der Waals surface area contributed by atoms with Crippen molar-refractivity contribution in [2.45, 2.75) is 70.9 Å². The topological polar surface area (TPSA) is 95.0 Å². The summed E-state index contributed by atoms with van der Waals surface area (Å²) < 4.78 is 5.15. The van der Waals surface area contributed by atoms with E-state index in [0.717, 1.165) is 63.9 Å². The highest BCUT2D eigenvalue weighted by atomic mass is 16.5. The van der Waals surface area contributed by atoms with Crippen LogP contribution >= 0.6 is 0 Å². The molecule has 1 saturated carbocycles. The second-order valence-corrected chi connectivity index (χ2v) is 10.0. The third kappa shape index (κ3) is 5.00. The summed E-state index contributed by atoms with van der Waals surface area (Å²) in [5.74, 6) is 1.40. The molecule has 2 amide bonds. The van der Waals surface area contributed by atoms with Gasteiger partial charge in [-0.3, -0.25) is 10.1 Å². The summed E-state index contributed by atoms with van der Waals surface area (Å²) in [5.41, 5.74) is 0.268. The first-order chi connectivity index (χ1) is 15.4. The SMILES string of the molecule is CC(C)COC(=O)Nc1ccc(N2CCC[C@]3(CCN(C4CCC(O)CC4)C3=O)C2)nc1. The molecule has 1 aliphatic carbocycles. The zero-order chi connectivity index (χ0) is 22.7. The number of rotatable bonds is 5. The van der Waals surface area contributed by atoms with Gasteiger partial charge >= 0.3 is 6.09 Å². The number of aliphatic hydroxyl groups is 1. The molecule has 1 atom stereocenters. The van der Waals surface area contributed by atoms with Gasteiger partial charge in [-0.15, -0.1) is 0 Å². The van der Waals surface area contributed by atoms with Crippen molar-refractivity contribution in [3.8, 4) is 0 Å². The summed E-state index contributed by atoms with van der Waals surface area (Å²) in [6, 6.07) is 4.01. The second kappa shape index (κ2) is 9.65. The summed E-state index contributed by atoms with van der Waals surface area (Å²) in [6.45, 7) is 6.74. The summed E-state index contributed by atoms with van der Waals surface area (Å²) >= 11 is 0. The number of carbonyl (C=O) groups is 2. The van der Waals surface area contributed by atoms with E-state index in [9.17, 15) is 14.7 Å². The molecule has 1 aromatic rings. The average molecular weight is 445 g/mol. The number of piperidine rings is 1. The Labute approximate surface area is 190 Å². The fourth-order valence-corrected chi connectivity index (χ4v) is 5.32.